The largest absolute Gasteiger partial charge is 0.442 e. The van der Waals surface area contributed by atoms with Crippen LogP contribution in [0.2, 0.25) is 4.34 Å². The van der Waals surface area contributed by atoms with E-state index in [0.29, 0.717) is 21.4 Å². The lowest BCUT2D eigenvalue weighted by Crippen LogP contribution is -2.34. The van der Waals surface area contributed by atoms with Gasteiger partial charge >= 0.3 is 6.09 Å². The van der Waals surface area contributed by atoms with Crippen LogP contribution in [-0.4, -0.2) is 50.2 Å². The third-order valence-corrected chi connectivity index (χ3v) is 7.34. The summed E-state index contributed by atoms with van der Waals surface area (Å²) in [7, 11) is 0. The number of carbonyl (C=O) groups excluding carboxylic acids is 3. The number of hydrogen-bond acceptors (Lipinski definition) is 6. The molecule has 3 aliphatic rings. The van der Waals surface area contributed by atoms with Crippen molar-refractivity contribution in [1.29, 1.82) is 0 Å². The fourth-order valence-electron chi connectivity index (χ4n) is 4.17. The second kappa shape index (κ2) is 9.23. The summed E-state index contributed by atoms with van der Waals surface area (Å²) >= 11 is 7.09. The minimum Gasteiger partial charge on any atom is -0.442 e. The molecule has 3 fully saturated rings. The number of ether oxygens (including phenoxy) is 1. The van der Waals surface area contributed by atoms with Crippen molar-refractivity contribution in [3.05, 3.63) is 39.5 Å². The van der Waals surface area contributed by atoms with Crippen LogP contribution in [-0.2, 0) is 9.53 Å². The molecule has 5 rings (SSSR count). The zero-order chi connectivity index (χ0) is 22.9. The molecule has 2 aromatic rings. The maximum atomic E-state index is 12.6. The van der Waals surface area contributed by atoms with Crippen LogP contribution in [0.15, 0.2) is 30.3 Å². The van der Waals surface area contributed by atoms with Crippen LogP contribution in [0.1, 0.15) is 35.4 Å². The molecule has 3 heterocycles. The Hall–Kier alpha value is -2.78. The van der Waals surface area contributed by atoms with Crippen LogP contribution in [0.4, 0.5) is 21.9 Å². The predicted octanol–water partition coefficient (Wildman–Crippen LogP) is 4.11. The summed E-state index contributed by atoms with van der Waals surface area (Å²) in [4.78, 5) is 41.6. The van der Waals surface area contributed by atoms with Crippen molar-refractivity contribution in [2.24, 2.45) is 5.92 Å². The number of benzene rings is 1. The van der Waals surface area contributed by atoms with Gasteiger partial charge in [0.25, 0.3) is 5.91 Å². The van der Waals surface area contributed by atoms with Gasteiger partial charge in [0.1, 0.15) is 6.10 Å². The van der Waals surface area contributed by atoms with E-state index in [9.17, 15) is 14.4 Å². The Balaban J connectivity index is 1.28. The Morgan fingerprint density at radius 3 is 2.64 bits per heavy atom. The highest BCUT2D eigenvalue weighted by Gasteiger charge is 2.34. The van der Waals surface area contributed by atoms with Crippen LogP contribution >= 0.6 is 22.9 Å². The van der Waals surface area contributed by atoms with E-state index in [4.69, 9.17) is 16.3 Å². The molecule has 2 aliphatic heterocycles. The van der Waals surface area contributed by atoms with Crippen LogP contribution in [0.25, 0.3) is 0 Å². The van der Waals surface area contributed by atoms with Crippen molar-refractivity contribution in [2.45, 2.75) is 31.8 Å². The molecule has 0 radical (unpaired) electrons. The quantitative estimate of drug-likeness (QED) is 0.612. The lowest BCUT2D eigenvalue weighted by Gasteiger charge is -2.24. The first kappa shape index (κ1) is 22.0. The highest BCUT2D eigenvalue weighted by molar-refractivity contribution is 7.18. The molecule has 10 heteroatoms. The first-order chi connectivity index (χ1) is 16.0. The molecule has 1 aromatic heterocycles. The minimum atomic E-state index is -0.473. The van der Waals surface area contributed by atoms with Crippen LogP contribution in [0, 0.1) is 5.92 Å². The normalized spacial score (nSPS) is 20.2. The molecule has 1 unspecified atom stereocenters. The summed E-state index contributed by atoms with van der Waals surface area (Å²) in [5, 5.41) is 5.87. The van der Waals surface area contributed by atoms with Gasteiger partial charge in [-0.3, -0.25) is 14.5 Å². The third-order valence-electron chi connectivity index (χ3n) is 6.11. The number of thiophene rings is 1. The Kier molecular flexibility index (Phi) is 6.16. The number of cyclic esters (lactones) is 1. The second-order valence-electron chi connectivity index (χ2n) is 8.59. The number of halogens is 1. The van der Waals surface area contributed by atoms with E-state index in [0.717, 1.165) is 50.1 Å². The van der Waals surface area contributed by atoms with E-state index < -0.39 is 12.2 Å². The number of nitrogens with one attached hydrogen (secondary N) is 2. The fraction of sp³-hybridized carbons (Fsp3) is 0.435. The molecular formula is C23H25ClN4O4S. The Labute approximate surface area is 200 Å². The van der Waals surface area contributed by atoms with Crippen molar-refractivity contribution in [3.8, 4) is 0 Å². The van der Waals surface area contributed by atoms with Crippen molar-refractivity contribution >= 4 is 57.9 Å². The van der Waals surface area contributed by atoms with Crippen molar-refractivity contribution in [2.75, 3.05) is 41.3 Å². The number of carbonyl (C=O) groups is 3. The van der Waals surface area contributed by atoms with Gasteiger partial charge in [0.2, 0.25) is 5.91 Å². The summed E-state index contributed by atoms with van der Waals surface area (Å²) in [6.07, 6.45) is 3.16. The van der Waals surface area contributed by atoms with E-state index in [1.807, 2.05) is 18.2 Å². The summed E-state index contributed by atoms with van der Waals surface area (Å²) in [6.45, 7) is 2.42. The molecule has 3 amide bonds. The first-order valence-electron chi connectivity index (χ1n) is 11.2. The Morgan fingerprint density at radius 1 is 1.15 bits per heavy atom. The molecule has 1 atom stereocenters. The van der Waals surface area contributed by atoms with E-state index in [-0.39, 0.29) is 24.3 Å². The van der Waals surface area contributed by atoms with Gasteiger partial charge in [0, 0.05) is 24.7 Å². The number of hydrogen-bond donors (Lipinski definition) is 2. The number of nitrogens with zero attached hydrogens (tertiary/aromatic N) is 2. The lowest BCUT2D eigenvalue weighted by atomic mass is 10.2. The standard InChI is InChI=1S/C23H25ClN4O4S/c24-20-8-7-19(33-20)22(30)25-12-16-13-28(23(31)32-16)15-5-6-18(27-9-1-2-10-27)17(11-15)26-21(29)14-3-4-14/h5-8,11,14,16H,1-4,9-10,12-13H2,(H,25,30)(H,26,29). The summed E-state index contributed by atoms with van der Waals surface area (Å²) in [5.74, 6) is -0.129. The molecular weight excluding hydrogens is 464 g/mol. The van der Waals surface area contributed by atoms with Gasteiger partial charge in [-0.05, 0) is 56.0 Å². The van der Waals surface area contributed by atoms with Gasteiger partial charge < -0.3 is 20.3 Å². The average molecular weight is 489 g/mol. The molecule has 0 spiro atoms. The zero-order valence-electron chi connectivity index (χ0n) is 18.0. The van der Waals surface area contributed by atoms with Gasteiger partial charge in [-0.2, -0.15) is 0 Å². The average Bonchev–Trinajstić information content (AvgIpc) is 3.16. The third kappa shape index (κ3) is 4.94. The van der Waals surface area contributed by atoms with Gasteiger partial charge in [0.05, 0.1) is 33.7 Å². The predicted molar refractivity (Wildman–Crippen MR) is 129 cm³/mol. The van der Waals surface area contributed by atoms with E-state index in [2.05, 4.69) is 15.5 Å². The van der Waals surface area contributed by atoms with E-state index in [1.54, 1.807) is 17.0 Å². The Morgan fingerprint density at radius 2 is 1.94 bits per heavy atom. The van der Waals surface area contributed by atoms with Crippen LogP contribution in [0.3, 0.4) is 0 Å². The summed E-state index contributed by atoms with van der Waals surface area (Å²) < 4.78 is 6.01. The lowest BCUT2D eigenvalue weighted by molar-refractivity contribution is -0.117. The van der Waals surface area contributed by atoms with E-state index in [1.165, 1.54) is 11.3 Å². The highest BCUT2D eigenvalue weighted by atomic mass is 35.5. The minimum absolute atomic E-state index is 0.0332. The molecule has 0 bridgehead atoms. The zero-order valence-corrected chi connectivity index (χ0v) is 19.6. The molecule has 2 saturated heterocycles. The van der Waals surface area contributed by atoms with Crippen LogP contribution in [0.5, 0.6) is 0 Å². The highest BCUT2D eigenvalue weighted by Crippen LogP contribution is 2.36. The summed E-state index contributed by atoms with van der Waals surface area (Å²) in [6, 6.07) is 9.03. The fourth-order valence-corrected chi connectivity index (χ4v) is 5.13. The van der Waals surface area contributed by atoms with Crippen molar-refractivity contribution in [1.82, 2.24) is 5.32 Å². The van der Waals surface area contributed by atoms with Gasteiger partial charge in [-0.15, -0.1) is 11.3 Å². The van der Waals surface area contributed by atoms with Crippen LogP contribution < -0.4 is 20.4 Å². The van der Waals surface area contributed by atoms with Crippen molar-refractivity contribution < 1.29 is 19.1 Å². The topological polar surface area (TPSA) is 91.0 Å². The monoisotopic (exact) mass is 488 g/mol. The first-order valence-corrected chi connectivity index (χ1v) is 12.4. The number of rotatable bonds is 7. The smallest absolute Gasteiger partial charge is 0.414 e. The molecule has 2 N–H and O–H groups in total. The maximum Gasteiger partial charge on any atom is 0.414 e. The molecule has 33 heavy (non-hydrogen) atoms. The van der Waals surface area contributed by atoms with Crippen molar-refractivity contribution in [3.63, 3.8) is 0 Å². The number of amides is 3. The molecule has 1 saturated carbocycles. The van der Waals surface area contributed by atoms with Gasteiger partial charge in [-0.1, -0.05) is 11.6 Å². The Bertz CT molecular complexity index is 1080. The molecule has 1 aliphatic carbocycles. The van der Waals surface area contributed by atoms with Gasteiger partial charge in [0.15, 0.2) is 0 Å². The maximum absolute atomic E-state index is 12.6. The molecule has 8 nitrogen and oxygen atoms in total. The van der Waals surface area contributed by atoms with Gasteiger partial charge in [-0.25, -0.2) is 4.79 Å². The second-order valence-corrected chi connectivity index (χ2v) is 10.3. The van der Waals surface area contributed by atoms with E-state index >= 15 is 0 Å². The summed E-state index contributed by atoms with van der Waals surface area (Å²) in [5.41, 5.74) is 2.37. The molecule has 1 aromatic carbocycles. The SMILES string of the molecule is O=C(NCC1CN(c2ccc(N3CCCC3)c(NC(=O)C3CC3)c2)C(=O)O1)c1ccc(Cl)s1. The number of anilines is 3. The molecule has 174 valence electrons.